The molecule has 4 fully saturated rings. The molecule has 0 N–H and O–H groups in total. The van der Waals surface area contributed by atoms with Crippen LogP contribution in [0.1, 0.15) is 132 Å². The van der Waals surface area contributed by atoms with Crippen molar-refractivity contribution in [2.75, 3.05) is 7.11 Å². The number of methoxy groups -OCH3 is 1. The van der Waals surface area contributed by atoms with Crippen LogP contribution in [0.2, 0.25) is 0 Å². The quantitative estimate of drug-likeness (QED) is 0.126. The molecule has 280 valence electrons. The van der Waals surface area contributed by atoms with Crippen LogP contribution in [0, 0.1) is 50.7 Å². The first-order valence-electron chi connectivity index (χ1n) is 19.5. The molecule has 0 radical (unpaired) electrons. The average molecular weight is 703 g/mol. The third-order valence-corrected chi connectivity index (χ3v) is 15.2. The van der Waals surface area contributed by atoms with Crippen LogP contribution in [0.3, 0.4) is 0 Å². The van der Waals surface area contributed by atoms with E-state index < -0.39 is 5.97 Å². The van der Waals surface area contributed by atoms with Crippen LogP contribution in [-0.4, -0.2) is 37.2 Å². The SMILES string of the molecule is COc1cc(C=CC(=O)OC2CCC3(C)C4CCC5C(=CCC6C(C)(C)C(OC(C)=O)CCC56C)CC4(C)CCC3C2(C)C)ccc1OC(C)=O. The van der Waals surface area contributed by atoms with Gasteiger partial charge in [0.25, 0.3) is 0 Å². The monoisotopic (exact) mass is 702 g/mol. The van der Waals surface area contributed by atoms with E-state index in [0.717, 1.165) is 44.1 Å². The molecule has 7 nitrogen and oxygen atoms in total. The van der Waals surface area contributed by atoms with Crippen molar-refractivity contribution in [2.45, 2.75) is 139 Å². The highest BCUT2D eigenvalue weighted by Gasteiger charge is 2.64. The Morgan fingerprint density at radius 3 is 2.06 bits per heavy atom. The van der Waals surface area contributed by atoms with Gasteiger partial charge >= 0.3 is 17.9 Å². The zero-order chi connectivity index (χ0) is 37.1. The fourth-order valence-electron chi connectivity index (χ4n) is 12.9. The van der Waals surface area contributed by atoms with E-state index in [1.807, 2.05) is 0 Å². The minimum absolute atomic E-state index is 0.0145. The van der Waals surface area contributed by atoms with E-state index in [2.05, 4.69) is 54.5 Å². The Morgan fingerprint density at radius 2 is 1.39 bits per heavy atom. The number of benzene rings is 1. The van der Waals surface area contributed by atoms with Gasteiger partial charge in [0.1, 0.15) is 12.2 Å². The third-order valence-electron chi connectivity index (χ3n) is 15.2. The predicted molar refractivity (Wildman–Crippen MR) is 199 cm³/mol. The van der Waals surface area contributed by atoms with Crippen LogP contribution in [0.15, 0.2) is 35.9 Å². The van der Waals surface area contributed by atoms with Gasteiger partial charge in [0, 0.05) is 30.8 Å². The van der Waals surface area contributed by atoms with Crippen LogP contribution in [-0.2, 0) is 23.9 Å². The Balaban J connectivity index is 1.17. The van der Waals surface area contributed by atoms with Gasteiger partial charge in [0.05, 0.1) is 7.11 Å². The first-order chi connectivity index (χ1) is 23.8. The summed E-state index contributed by atoms with van der Waals surface area (Å²) in [6.45, 7) is 20.0. The van der Waals surface area contributed by atoms with Crippen molar-refractivity contribution in [3.8, 4) is 11.5 Å². The number of carbonyl (C=O) groups excluding carboxylic acids is 3. The van der Waals surface area contributed by atoms with E-state index in [-0.39, 0.29) is 51.2 Å². The topological polar surface area (TPSA) is 88.1 Å². The molecule has 5 aliphatic carbocycles. The summed E-state index contributed by atoms with van der Waals surface area (Å²) >= 11 is 0. The van der Waals surface area contributed by atoms with Crippen LogP contribution in [0.4, 0.5) is 0 Å². The predicted octanol–water partition coefficient (Wildman–Crippen LogP) is 9.91. The lowest BCUT2D eigenvalue weighted by atomic mass is 9.42. The van der Waals surface area contributed by atoms with Crippen molar-refractivity contribution >= 4 is 24.0 Å². The molecule has 0 heterocycles. The molecule has 7 heteroatoms. The standard InChI is InChI=1S/C44H62O7/c1-27(45)49-32-15-11-29(25-33(32)48-10)12-18-39(47)51-38-21-24-44(9)35(41(38,5)6)19-22-42(7)26-30-13-16-34-40(3,4)37(50-28(2)46)20-23-43(34,8)31(30)14-17-36(42)44/h11-13,15,18,25,31,34-38H,14,16-17,19-24,26H2,1-10H3. The Kier molecular flexibility index (Phi) is 9.89. The van der Waals surface area contributed by atoms with E-state index in [0.29, 0.717) is 35.2 Å². The number of hydrogen-bond acceptors (Lipinski definition) is 7. The summed E-state index contributed by atoms with van der Waals surface area (Å²) in [6.07, 6.45) is 16.8. The minimum atomic E-state index is -0.420. The van der Waals surface area contributed by atoms with Gasteiger partial charge in [0.2, 0.25) is 0 Å². The molecular weight excluding hydrogens is 640 g/mol. The summed E-state index contributed by atoms with van der Waals surface area (Å²) in [4.78, 5) is 36.7. The smallest absolute Gasteiger partial charge is 0.331 e. The van der Waals surface area contributed by atoms with Gasteiger partial charge < -0.3 is 18.9 Å². The summed E-state index contributed by atoms with van der Waals surface area (Å²) in [7, 11) is 1.52. The Labute approximate surface area is 306 Å². The maximum atomic E-state index is 13.3. The van der Waals surface area contributed by atoms with Gasteiger partial charge in [-0.1, -0.05) is 66.2 Å². The van der Waals surface area contributed by atoms with Crippen molar-refractivity contribution in [3.05, 3.63) is 41.5 Å². The molecule has 0 spiro atoms. The molecule has 51 heavy (non-hydrogen) atoms. The van der Waals surface area contributed by atoms with Crippen LogP contribution >= 0.6 is 0 Å². The molecule has 0 bridgehead atoms. The summed E-state index contributed by atoms with van der Waals surface area (Å²) in [5, 5.41) is 0. The van der Waals surface area contributed by atoms with Gasteiger partial charge in [-0.25, -0.2) is 4.79 Å². The molecule has 1 aromatic rings. The van der Waals surface area contributed by atoms with E-state index in [1.54, 1.807) is 36.8 Å². The molecule has 0 aromatic heterocycles. The second-order valence-electron chi connectivity index (χ2n) is 18.8. The lowest BCUT2D eigenvalue weighted by Crippen LogP contribution is -2.59. The van der Waals surface area contributed by atoms with E-state index in [9.17, 15) is 14.4 Å². The number of carbonyl (C=O) groups is 3. The molecule has 6 rings (SSSR count). The highest BCUT2D eigenvalue weighted by Crippen LogP contribution is 2.70. The molecule has 0 aliphatic heterocycles. The first-order valence-corrected chi connectivity index (χ1v) is 19.5. The highest BCUT2D eigenvalue weighted by atomic mass is 16.6. The number of ether oxygens (including phenoxy) is 4. The largest absolute Gasteiger partial charge is 0.493 e. The molecule has 9 unspecified atom stereocenters. The molecule has 5 aliphatic rings. The second kappa shape index (κ2) is 13.4. The van der Waals surface area contributed by atoms with E-state index in [1.165, 1.54) is 45.8 Å². The Hall–Kier alpha value is -3.09. The maximum absolute atomic E-state index is 13.3. The van der Waals surface area contributed by atoms with Gasteiger partial charge in [-0.3, -0.25) is 9.59 Å². The van der Waals surface area contributed by atoms with Crippen LogP contribution in [0.5, 0.6) is 11.5 Å². The number of allylic oxidation sites excluding steroid dienone is 2. The molecule has 4 saturated carbocycles. The lowest BCUT2D eigenvalue weighted by molar-refractivity contribution is -0.190. The number of hydrogen-bond donors (Lipinski definition) is 0. The van der Waals surface area contributed by atoms with Crippen molar-refractivity contribution < 1.29 is 33.3 Å². The number of fused-ring (bicyclic) bond motifs is 6. The van der Waals surface area contributed by atoms with Gasteiger partial charge in [-0.05, 0) is 128 Å². The third kappa shape index (κ3) is 6.58. The molecule has 0 saturated heterocycles. The summed E-state index contributed by atoms with van der Waals surface area (Å²) in [5.74, 6) is 2.01. The molecular formula is C44H62O7. The molecule has 1 aromatic carbocycles. The summed E-state index contributed by atoms with van der Waals surface area (Å²) in [5.41, 5.74) is 2.90. The van der Waals surface area contributed by atoms with Crippen molar-refractivity contribution in [3.63, 3.8) is 0 Å². The van der Waals surface area contributed by atoms with Crippen molar-refractivity contribution in [1.82, 2.24) is 0 Å². The fourth-order valence-corrected chi connectivity index (χ4v) is 12.9. The molecule has 0 amide bonds. The molecule has 9 atom stereocenters. The van der Waals surface area contributed by atoms with Crippen molar-refractivity contribution in [1.29, 1.82) is 0 Å². The zero-order valence-corrected chi connectivity index (χ0v) is 32.9. The van der Waals surface area contributed by atoms with Gasteiger partial charge in [0.15, 0.2) is 11.5 Å². The minimum Gasteiger partial charge on any atom is -0.493 e. The van der Waals surface area contributed by atoms with Gasteiger partial charge in [-0.15, -0.1) is 0 Å². The summed E-state index contributed by atoms with van der Waals surface area (Å²) in [6, 6.07) is 5.20. The van der Waals surface area contributed by atoms with E-state index >= 15 is 0 Å². The second-order valence-corrected chi connectivity index (χ2v) is 18.8. The van der Waals surface area contributed by atoms with Crippen molar-refractivity contribution in [2.24, 2.45) is 50.7 Å². The highest BCUT2D eigenvalue weighted by molar-refractivity contribution is 5.87. The lowest BCUT2D eigenvalue weighted by Gasteiger charge is -2.64. The first kappa shape index (κ1) is 37.7. The fraction of sp³-hybridized carbons (Fsp3) is 0.705. The number of esters is 3. The normalized spacial score (nSPS) is 38.0. The summed E-state index contributed by atoms with van der Waals surface area (Å²) < 4.78 is 22.8. The Bertz CT molecular complexity index is 1600. The Morgan fingerprint density at radius 1 is 0.725 bits per heavy atom. The van der Waals surface area contributed by atoms with Crippen LogP contribution in [0.25, 0.3) is 6.08 Å². The van der Waals surface area contributed by atoms with Crippen LogP contribution < -0.4 is 9.47 Å². The average Bonchev–Trinajstić information content (AvgIpc) is 3.20. The van der Waals surface area contributed by atoms with Gasteiger partial charge in [-0.2, -0.15) is 0 Å². The maximum Gasteiger partial charge on any atom is 0.331 e. The number of rotatable bonds is 6. The van der Waals surface area contributed by atoms with E-state index in [4.69, 9.17) is 18.9 Å². The zero-order valence-electron chi connectivity index (χ0n) is 32.9.